The van der Waals surface area contributed by atoms with Gasteiger partial charge in [0.15, 0.2) is 5.01 Å². The summed E-state index contributed by atoms with van der Waals surface area (Å²) in [5.74, 6) is -0.675. The van der Waals surface area contributed by atoms with Crippen molar-refractivity contribution in [3.63, 3.8) is 0 Å². The van der Waals surface area contributed by atoms with E-state index >= 15 is 0 Å². The van der Waals surface area contributed by atoms with E-state index in [-0.39, 0.29) is 16.1 Å². The maximum Gasteiger partial charge on any atom is 0.418 e. The minimum Gasteiger partial charge on any atom is -0.494 e. The lowest BCUT2D eigenvalue weighted by molar-refractivity contribution is -0.137. The minimum atomic E-state index is -4.74. The van der Waals surface area contributed by atoms with Crippen LogP contribution in [-0.4, -0.2) is 31.1 Å². The number of alkyl halides is 3. The predicted molar refractivity (Wildman–Crippen MR) is 127 cm³/mol. The van der Waals surface area contributed by atoms with Gasteiger partial charge in [-0.2, -0.15) is 13.2 Å². The third kappa shape index (κ3) is 4.17. The Morgan fingerprint density at radius 3 is 2.46 bits per heavy atom. The Morgan fingerprint density at radius 1 is 0.971 bits per heavy atom. The van der Waals surface area contributed by atoms with Crippen molar-refractivity contribution < 1.29 is 18.3 Å². The van der Waals surface area contributed by atoms with Gasteiger partial charge in [-0.25, -0.2) is 9.56 Å². The highest BCUT2D eigenvalue weighted by Crippen LogP contribution is 2.36. The van der Waals surface area contributed by atoms with Gasteiger partial charge in [-0.15, -0.1) is 10.2 Å². The van der Waals surface area contributed by atoms with Crippen LogP contribution in [0, 0.1) is 0 Å². The van der Waals surface area contributed by atoms with Gasteiger partial charge in [0.1, 0.15) is 0 Å². The fourth-order valence-electron chi connectivity index (χ4n) is 3.61. The summed E-state index contributed by atoms with van der Waals surface area (Å²) >= 11 is 1.17. The largest absolute Gasteiger partial charge is 0.494 e. The number of hydrogen-bond donors (Lipinski definition) is 1. The summed E-state index contributed by atoms with van der Waals surface area (Å²) in [6.45, 7) is 0. The molecule has 0 aliphatic carbocycles. The zero-order chi connectivity index (χ0) is 24.6. The van der Waals surface area contributed by atoms with Crippen LogP contribution < -0.4 is 5.56 Å². The summed E-state index contributed by atoms with van der Waals surface area (Å²) in [6.07, 6.45) is -0.223. The van der Waals surface area contributed by atoms with E-state index in [2.05, 4.69) is 20.2 Å². The van der Waals surface area contributed by atoms with Crippen molar-refractivity contribution in [1.82, 2.24) is 19.7 Å². The highest BCUT2D eigenvalue weighted by Gasteiger charge is 2.34. The van der Waals surface area contributed by atoms with E-state index in [0.29, 0.717) is 15.0 Å². The van der Waals surface area contributed by atoms with E-state index in [4.69, 9.17) is 0 Å². The first-order valence-electron chi connectivity index (χ1n) is 10.2. The SMILES string of the molecule is O=c1c2ccccc2c(C=Nc2nnc(-c3cccnc3)s2)c(O)n1-c1ccccc1C(F)(F)F. The summed E-state index contributed by atoms with van der Waals surface area (Å²) in [7, 11) is 0. The van der Waals surface area contributed by atoms with Crippen molar-refractivity contribution in [2.75, 3.05) is 0 Å². The Labute approximate surface area is 199 Å². The van der Waals surface area contributed by atoms with Crippen LogP contribution in [0.1, 0.15) is 11.1 Å². The maximum absolute atomic E-state index is 13.7. The Bertz CT molecular complexity index is 1630. The first kappa shape index (κ1) is 22.4. The van der Waals surface area contributed by atoms with Crippen molar-refractivity contribution in [2.45, 2.75) is 6.18 Å². The number of pyridine rings is 2. The zero-order valence-electron chi connectivity index (χ0n) is 17.6. The van der Waals surface area contributed by atoms with Crippen molar-refractivity contribution in [3.8, 4) is 22.1 Å². The highest BCUT2D eigenvalue weighted by molar-refractivity contribution is 7.18. The van der Waals surface area contributed by atoms with Crippen LogP contribution >= 0.6 is 11.3 Å². The average molecular weight is 493 g/mol. The molecule has 3 aromatic heterocycles. The molecule has 2 aromatic carbocycles. The summed E-state index contributed by atoms with van der Waals surface area (Å²) in [5.41, 5.74) is -1.52. The molecule has 0 saturated carbocycles. The molecule has 35 heavy (non-hydrogen) atoms. The van der Waals surface area contributed by atoms with Gasteiger partial charge >= 0.3 is 6.18 Å². The maximum atomic E-state index is 13.7. The molecule has 0 aliphatic heterocycles. The second-order valence-electron chi connectivity index (χ2n) is 7.33. The number of para-hydroxylation sites is 1. The summed E-state index contributed by atoms with van der Waals surface area (Å²) in [4.78, 5) is 21.5. The normalized spacial score (nSPS) is 12.0. The van der Waals surface area contributed by atoms with Gasteiger partial charge in [0.05, 0.1) is 16.8 Å². The molecule has 0 unspecified atom stereocenters. The number of aliphatic imine (C=N–C) groups is 1. The van der Waals surface area contributed by atoms with Gasteiger partial charge in [-0.1, -0.05) is 41.7 Å². The van der Waals surface area contributed by atoms with E-state index < -0.39 is 28.9 Å². The molecule has 174 valence electrons. The van der Waals surface area contributed by atoms with Crippen LogP contribution in [0.4, 0.5) is 18.3 Å². The van der Waals surface area contributed by atoms with Gasteiger partial charge in [0.2, 0.25) is 11.0 Å². The lowest BCUT2D eigenvalue weighted by atomic mass is 10.1. The molecule has 7 nitrogen and oxygen atoms in total. The number of fused-ring (bicyclic) bond motifs is 1. The van der Waals surface area contributed by atoms with Crippen molar-refractivity contribution in [1.29, 1.82) is 0 Å². The smallest absolute Gasteiger partial charge is 0.418 e. The molecule has 0 spiro atoms. The second-order valence-corrected chi connectivity index (χ2v) is 8.28. The van der Waals surface area contributed by atoms with Crippen LogP contribution in [0.25, 0.3) is 27.0 Å². The van der Waals surface area contributed by atoms with Gasteiger partial charge in [0.25, 0.3) is 5.56 Å². The second kappa shape index (κ2) is 8.76. The van der Waals surface area contributed by atoms with E-state index in [1.807, 2.05) is 6.07 Å². The molecule has 0 bridgehead atoms. The fourth-order valence-corrected chi connectivity index (χ4v) is 4.29. The van der Waals surface area contributed by atoms with Crippen LogP contribution in [0.15, 0.2) is 82.8 Å². The molecule has 0 aliphatic rings. The van der Waals surface area contributed by atoms with Gasteiger partial charge in [0, 0.05) is 34.9 Å². The van der Waals surface area contributed by atoms with Crippen molar-refractivity contribution in [3.05, 3.63) is 94.5 Å². The van der Waals surface area contributed by atoms with Crippen molar-refractivity contribution >= 4 is 33.5 Å². The molecule has 5 aromatic rings. The molecule has 1 N–H and O–H groups in total. The van der Waals surface area contributed by atoms with Crippen LogP contribution in [0.3, 0.4) is 0 Å². The van der Waals surface area contributed by atoms with Gasteiger partial charge in [-0.3, -0.25) is 9.78 Å². The summed E-state index contributed by atoms with van der Waals surface area (Å²) in [6, 6.07) is 14.4. The fraction of sp³-hybridized carbons (Fsp3) is 0.0417. The molecule has 0 fully saturated rings. The molecule has 0 atom stereocenters. The minimum absolute atomic E-state index is 0.0651. The number of halogens is 3. The molecule has 3 heterocycles. The van der Waals surface area contributed by atoms with Crippen molar-refractivity contribution in [2.24, 2.45) is 4.99 Å². The number of benzene rings is 2. The van der Waals surface area contributed by atoms with Gasteiger partial charge in [-0.05, 0) is 30.3 Å². The Balaban J connectivity index is 1.68. The van der Waals surface area contributed by atoms with E-state index in [0.717, 1.165) is 17.7 Å². The van der Waals surface area contributed by atoms with E-state index in [1.54, 1.807) is 36.7 Å². The summed E-state index contributed by atoms with van der Waals surface area (Å²) < 4.78 is 41.7. The number of aromatic hydroxyl groups is 1. The van der Waals surface area contributed by atoms with Gasteiger partial charge < -0.3 is 5.11 Å². The molecule has 0 amide bonds. The monoisotopic (exact) mass is 493 g/mol. The molecule has 11 heteroatoms. The molecular weight excluding hydrogens is 479 g/mol. The highest BCUT2D eigenvalue weighted by atomic mass is 32.1. The Kier molecular flexibility index (Phi) is 5.61. The van der Waals surface area contributed by atoms with Crippen LogP contribution in [0.2, 0.25) is 0 Å². The predicted octanol–water partition coefficient (Wildman–Crippen LogP) is 5.38. The quantitative estimate of drug-likeness (QED) is 0.340. The molecular formula is C24H14F3N5O2S. The number of rotatable bonds is 4. The van der Waals surface area contributed by atoms with E-state index in [1.165, 1.54) is 35.8 Å². The lowest BCUT2D eigenvalue weighted by Crippen LogP contribution is -2.23. The first-order valence-corrected chi connectivity index (χ1v) is 11.0. The Morgan fingerprint density at radius 2 is 1.71 bits per heavy atom. The third-order valence-electron chi connectivity index (χ3n) is 5.18. The zero-order valence-corrected chi connectivity index (χ0v) is 18.5. The first-order chi connectivity index (χ1) is 16.8. The average Bonchev–Trinajstić information content (AvgIpc) is 3.33. The Hall–Kier alpha value is -4.38. The molecule has 0 radical (unpaired) electrons. The number of hydrogen-bond acceptors (Lipinski definition) is 7. The number of aromatic nitrogens is 4. The van der Waals surface area contributed by atoms with E-state index in [9.17, 15) is 23.1 Å². The van der Waals surface area contributed by atoms with Crippen LogP contribution in [-0.2, 0) is 6.18 Å². The standard InChI is InChI=1S/C24H14F3N5O2S/c25-24(26,27)18-9-3-4-10-19(18)32-21(33)16-8-2-1-7-15(16)17(22(32)34)13-29-23-31-30-20(35-23)14-6-5-11-28-12-14/h1-13,34H. The molecule has 0 saturated heterocycles. The van der Waals surface area contributed by atoms with Crippen LogP contribution in [0.5, 0.6) is 5.88 Å². The molecule has 5 rings (SSSR count). The third-order valence-corrected chi connectivity index (χ3v) is 6.06. The topological polar surface area (TPSA) is 93.3 Å². The summed E-state index contributed by atoms with van der Waals surface area (Å²) in [5, 5.41) is 20.4. The number of nitrogens with zero attached hydrogens (tertiary/aromatic N) is 5. The lowest BCUT2D eigenvalue weighted by Gasteiger charge is -2.17.